The molecule has 106 valence electrons. The van der Waals surface area contributed by atoms with Gasteiger partial charge in [-0.05, 0) is 12.1 Å². The highest BCUT2D eigenvalue weighted by Crippen LogP contribution is 2.03. The Hall–Kier alpha value is -1.53. The number of carbonyl (C=O) groups is 1. The Morgan fingerprint density at radius 1 is 1.42 bits per heavy atom. The molecule has 0 saturated carbocycles. The molecule has 0 spiro atoms. The van der Waals surface area contributed by atoms with Crippen molar-refractivity contribution in [3.8, 4) is 0 Å². The molecule has 1 N–H and O–H groups in total. The van der Waals surface area contributed by atoms with Gasteiger partial charge in [0, 0.05) is 39.8 Å². The van der Waals surface area contributed by atoms with Crippen LogP contribution in [0.5, 0.6) is 0 Å². The molecule has 6 heteroatoms. The maximum atomic E-state index is 11.9. The summed E-state index contributed by atoms with van der Waals surface area (Å²) >= 11 is 0. The summed E-state index contributed by atoms with van der Waals surface area (Å²) in [7, 11) is 1.71. The number of nitrogens with one attached hydrogen (secondary N) is 1. The number of nitrogens with zero attached hydrogens (tertiary/aromatic N) is 2. The van der Waals surface area contributed by atoms with Crippen molar-refractivity contribution in [1.82, 2.24) is 15.1 Å². The zero-order valence-electron chi connectivity index (χ0n) is 11.3. The maximum Gasteiger partial charge on any atom is 0.317 e. The number of hydrogen-bond acceptors (Lipinski definition) is 4. The predicted molar refractivity (Wildman–Crippen MR) is 70.8 cm³/mol. The van der Waals surface area contributed by atoms with Gasteiger partial charge in [-0.2, -0.15) is 0 Å². The zero-order chi connectivity index (χ0) is 13.5. The van der Waals surface area contributed by atoms with E-state index in [0.29, 0.717) is 6.54 Å². The van der Waals surface area contributed by atoms with Crippen LogP contribution in [0.1, 0.15) is 5.76 Å². The highest BCUT2D eigenvalue weighted by molar-refractivity contribution is 5.74. The summed E-state index contributed by atoms with van der Waals surface area (Å²) in [5.41, 5.74) is 0. The average Bonchev–Trinajstić information content (AvgIpc) is 2.96. The van der Waals surface area contributed by atoms with Gasteiger partial charge in [-0.15, -0.1) is 0 Å². The number of piperazine rings is 1. The Balaban J connectivity index is 1.67. The number of rotatable bonds is 5. The van der Waals surface area contributed by atoms with Gasteiger partial charge in [-0.3, -0.25) is 4.90 Å². The van der Waals surface area contributed by atoms with Crippen molar-refractivity contribution >= 4 is 6.03 Å². The lowest BCUT2D eigenvalue weighted by Gasteiger charge is -2.34. The molecule has 6 nitrogen and oxygen atoms in total. The quantitative estimate of drug-likeness (QED) is 0.855. The minimum absolute atomic E-state index is 0.0252. The van der Waals surface area contributed by atoms with Crippen molar-refractivity contribution < 1.29 is 13.9 Å². The molecule has 0 unspecified atom stereocenters. The van der Waals surface area contributed by atoms with Gasteiger partial charge in [0.05, 0.1) is 19.4 Å². The number of methoxy groups -OCH3 is 1. The van der Waals surface area contributed by atoms with Gasteiger partial charge in [-0.1, -0.05) is 0 Å². The second-order valence-corrected chi connectivity index (χ2v) is 4.56. The summed E-state index contributed by atoms with van der Waals surface area (Å²) in [6.45, 7) is 5.43. The minimum atomic E-state index is -0.0252. The Kier molecular flexibility index (Phi) is 5.23. The molecule has 0 aromatic carbocycles. The molecule has 0 bridgehead atoms. The first-order valence-corrected chi connectivity index (χ1v) is 6.56. The van der Waals surface area contributed by atoms with E-state index in [1.54, 1.807) is 13.4 Å². The number of carbonyl (C=O) groups excluding carboxylic acids is 1. The van der Waals surface area contributed by atoms with Crippen LogP contribution in [0.3, 0.4) is 0 Å². The first kappa shape index (κ1) is 13.9. The van der Waals surface area contributed by atoms with E-state index in [2.05, 4.69) is 10.2 Å². The van der Waals surface area contributed by atoms with Crippen molar-refractivity contribution in [3.05, 3.63) is 24.2 Å². The molecule has 1 aliphatic rings. The third-order valence-electron chi connectivity index (χ3n) is 3.27. The molecule has 1 aromatic heterocycles. The molecule has 0 atom stereocenters. The van der Waals surface area contributed by atoms with E-state index in [4.69, 9.17) is 9.15 Å². The van der Waals surface area contributed by atoms with Crippen molar-refractivity contribution in [1.29, 1.82) is 0 Å². The van der Waals surface area contributed by atoms with Crippen molar-refractivity contribution in [2.24, 2.45) is 0 Å². The van der Waals surface area contributed by atoms with Crippen LogP contribution >= 0.6 is 0 Å². The number of amides is 2. The molecule has 0 aliphatic carbocycles. The standard InChI is InChI=1S/C13H21N3O3/c1-18-10-8-15-4-6-16(7-5-15)13(17)14-11-12-3-2-9-19-12/h2-3,9H,4-8,10-11H2,1H3,(H,14,17). The smallest absolute Gasteiger partial charge is 0.317 e. The van der Waals surface area contributed by atoms with E-state index in [0.717, 1.165) is 45.1 Å². The van der Waals surface area contributed by atoms with Gasteiger partial charge < -0.3 is 19.4 Å². The van der Waals surface area contributed by atoms with Gasteiger partial charge in [-0.25, -0.2) is 4.79 Å². The van der Waals surface area contributed by atoms with Gasteiger partial charge in [0.2, 0.25) is 0 Å². The van der Waals surface area contributed by atoms with Crippen LogP contribution in [0.25, 0.3) is 0 Å². The number of hydrogen-bond donors (Lipinski definition) is 1. The predicted octanol–water partition coefficient (Wildman–Crippen LogP) is 0.753. The van der Waals surface area contributed by atoms with E-state index in [-0.39, 0.29) is 6.03 Å². The van der Waals surface area contributed by atoms with Crippen molar-refractivity contribution in [3.63, 3.8) is 0 Å². The monoisotopic (exact) mass is 267 g/mol. The van der Waals surface area contributed by atoms with Crippen LogP contribution < -0.4 is 5.32 Å². The van der Waals surface area contributed by atoms with E-state index in [9.17, 15) is 4.79 Å². The van der Waals surface area contributed by atoms with Crippen molar-refractivity contribution in [2.75, 3.05) is 46.4 Å². The first-order chi connectivity index (χ1) is 9.29. The second-order valence-electron chi connectivity index (χ2n) is 4.56. The Labute approximate surface area is 113 Å². The molecule has 1 fully saturated rings. The van der Waals surface area contributed by atoms with Crippen LogP contribution in [0.15, 0.2) is 22.8 Å². The van der Waals surface area contributed by atoms with Crippen molar-refractivity contribution in [2.45, 2.75) is 6.54 Å². The molecule has 2 heterocycles. The minimum Gasteiger partial charge on any atom is -0.467 e. The molecule has 2 rings (SSSR count). The highest BCUT2D eigenvalue weighted by Gasteiger charge is 2.20. The largest absolute Gasteiger partial charge is 0.467 e. The van der Waals surface area contributed by atoms with E-state index in [1.807, 2.05) is 17.0 Å². The van der Waals surface area contributed by atoms with Crippen LogP contribution in [0, 0.1) is 0 Å². The molecular formula is C13H21N3O3. The lowest BCUT2D eigenvalue weighted by Crippen LogP contribution is -2.52. The summed E-state index contributed by atoms with van der Waals surface area (Å²) in [5, 5.41) is 2.86. The fraction of sp³-hybridized carbons (Fsp3) is 0.615. The van der Waals surface area contributed by atoms with E-state index < -0.39 is 0 Å². The SMILES string of the molecule is COCCN1CCN(C(=O)NCc2ccco2)CC1. The lowest BCUT2D eigenvalue weighted by molar-refractivity contribution is 0.106. The lowest BCUT2D eigenvalue weighted by atomic mass is 10.3. The van der Waals surface area contributed by atoms with Gasteiger partial charge >= 0.3 is 6.03 Å². The summed E-state index contributed by atoms with van der Waals surface area (Å²) in [4.78, 5) is 16.1. The van der Waals surface area contributed by atoms with Crippen LogP contribution in [0.2, 0.25) is 0 Å². The molecule has 0 radical (unpaired) electrons. The third kappa shape index (κ3) is 4.25. The van der Waals surface area contributed by atoms with Gasteiger partial charge in [0.1, 0.15) is 5.76 Å². The van der Waals surface area contributed by atoms with Crippen LogP contribution in [-0.4, -0.2) is 62.3 Å². The summed E-state index contributed by atoms with van der Waals surface area (Å²) in [5.74, 6) is 0.770. The number of urea groups is 1. The van der Waals surface area contributed by atoms with Gasteiger partial charge in [0.25, 0.3) is 0 Å². The van der Waals surface area contributed by atoms with Crippen LogP contribution in [-0.2, 0) is 11.3 Å². The number of ether oxygens (including phenoxy) is 1. The molecule has 1 saturated heterocycles. The molecule has 1 aliphatic heterocycles. The Bertz CT molecular complexity index is 372. The topological polar surface area (TPSA) is 58.0 Å². The Morgan fingerprint density at radius 3 is 2.84 bits per heavy atom. The third-order valence-corrected chi connectivity index (χ3v) is 3.27. The number of furan rings is 1. The second kappa shape index (κ2) is 7.16. The van der Waals surface area contributed by atoms with Crippen LogP contribution in [0.4, 0.5) is 4.79 Å². The maximum absolute atomic E-state index is 11.9. The zero-order valence-corrected chi connectivity index (χ0v) is 11.3. The normalized spacial score (nSPS) is 16.6. The van der Waals surface area contributed by atoms with E-state index in [1.165, 1.54) is 0 Å². The molecule has 1 aromatic rings. The summed E-state index contributed by atoms with van der Waals surface area (Å²) in [6.07, 6.45) is 1.61. The van der Waals surface area contributed by atoms with E-state index >= 15 is 0 Å². The molecule has 19 heavy (non-hydrogen) atoms. The first-order valence-electron chi connectivity index (χ1n) is 6.56. The average molecular weight is 267 g/mol. The van der Waals surface area contributed by atoms with Gasteiger partial charge in [0.15, 0.2) is 0 Å². The summed E-state index contributed by atoms with van der Waals surface area (Å²) < 4.78 is 10.2. The fourth-order valence-electron chi connectivity index (χ4n) is 2.08. The molecule has 2 amide bonds. The highest BCUT2D eigenvalue weighted by atomic mass is 16.5. The Morgan fingerprint density at radius 2 is 2.21 bits per heavy atom. The molecular weight excluding hydrogens is 246 g/mol. The fourth-order valence-corrected chi connectivity index (χ4v) is 2.08. The summed E-state index contributed by atoms with van der Waals surface area (Å²) in [6, 6.07) is 3.64.